The van der Waals surface area contributed by atoms with Crippen molar-refractivity contribution in [2.75, 3.05) is 20.2 Å². The average molecular weight is 315 g/mol. The smallest absolute Gasteiger partial charge is 0.325 e. The van der Waals surface area contributed by atoms with Crippen molar-refractivity contribution in [2.24, 2.45) is 7.05 Å². The lowest BCUT2D eigenvalue weighted by atomic mass is 10.0. The number of nitrogens with zero attached hydrogens (tertiary/aromatic N) is 3. The second-order valence-corrected chi connectivity index (χ2v) is 5.93. The van der Waals surface area contributed by atoms with Crippen molar-refractivity contribution in [3.05, 3.63) is 47.3 Å². The van der Waals surface area contributed by atoms with Crippen LogP contribution in [0.2, 0.25) is 0 Å². The van der Waals surface area contributed by atoms with Gasteiger partial charge in [-0.3, -0.25) is 14.4 Å². The number of fused-ring (bicyclic) bond motifs is 1. The highest BCUT2D eigenvalue weighted by Gasteiger charge is 2.30. The topological polar surface area (TPSA) is 67.6 Å². The Balaban J connectivity index is 1.79. The molecular formula is C17H21N3O3. The van der Waals surface area contributed by atoms with E-state index in [2.05, 4.69) is 5.10 Å². The Morgan fingerprint density at radius 1 is 1.52 bits per heavy atom. The molecule has 0 saturated heterocycles. The summed E-state index contributed by atoms with van der Waals surface area (Å²) in [6.45, 7) is 1.25. The van der Waals surface area contributed by atoms with Gasteiger partial charge in [0.1, 0.15) is 11.8 Å². The van der Waals surface area contributed by atoms with Crippen LogP contribution in [-0.4, -0.2) is 46.0 Å². The van der Waals surface area contributed by atoms with Gasteiger partial charge in [0.15, 0.2) is 0 Å². The molecule has 122 valence electrons. The lowest BCUT2D eigenvalue weighted by molar-refractivity contribution is -0.143. The van der Waals surface area contributed by atoms with Crippen molar-refractivity contribution in [1.29, 1.82) is 0 Å². The number of benzene rings is 1. The maximum atomic E-state index is 11.8. The van der Waals surface area contributed by atoms with Crippen molar-refractivity contribution in [3.63, 3.8) is 0 Å². The Labute approximate surface area is 135 Å². The minimum absolute atomic E-state index is 0.623. The molecule has 6 nitrogen and oxygen atoms in total. The van der Waals surface area contributed by atoms with Crippen molar-refractivity contribution in [1.82, 2.24) is 14.7 Å². The van der Waals surface area contributed by atoms with Gasteiger partial charge in [-0.15, -0.1) is 0 Å². The van der Waals surface area contributed by atoms with Crippen LogP contribution in [0.4, 0.5) is 0 Å². The lowest BCUT2D eigenvalue weighted by Crippen LogP contribution is -2.32. The Morgan fingerprint density at radius 3 is 3.04 bits per heavy atom. The number of aryl methyl sites for hydroxylation is 1. The predicted octanol–water partition coefficient (Wildman–Crippen LogP) is 1.66. The second-order valence-electron chi connectivity index (χ2n) is 5.93. The van der Waals surface area contributed by atoms with Crippen LogP contribution in [0.1, 0.15) is 22.7 Å². The van der Waals surface area contributed by atoms with E-state index in [0.29, 0.717) is 13.2 Å². The summed E-state index contributed by atoms with van der Waals surface area (Å²) in [6.07, 6.45) is 5.36. The van der Waals surface area contributed by atoms with E-state index in [1.807, 2.05) is 49.6 Å². The van der Waals surface area contributed by atoms with Crippen LogP contribution in [0.5, 0.6) is 5.75 Å². The van der Waals surface area contributed by atoms with Gasteiger partial charge >= 0.3 is 5.97 Å². The number of carboxylic acid groups (broad SMARTS) is 1. The molecule has 0 unspecified atom stereocenters. The van der Waals surface area contributed by atoms with Crippen molar-refractivity contribution in [3.8, 4) is 5.75 Å². The second kappa shape index (κ2) is 6.42. The maximum absolute atomic E-state index is 11.8. The molecule has 0 aliphatic carbocycles. The van der Waals surface area contributed by atoms with Gasteiger partial charge in [0.2, 0.25) is 0 Å². The van der Waals surface area contributed by atoms with Gasteiger partial charge in [-0.2, -0.15) is 5.10 Å². The summed E-state index contributed by atoms with van der Waals surface area (Å²) in [7, 11) is 3.71. The molecule has 1 atom stereocenters. The third-order valence-corrected chi connectivity index (χ3v) is 4.23. The third-order valence-electron chi connectivity index (χ3n) is 4.23. The summed E-state index contributed by atoms with van der Waals surface area (Å²) < 4.78 is 7.43. The standard InChI is InChI=1S/C17H21N3O3/c1-19(8-6-12-10-18-20(2)11-12)15(17(21)22)14-5-3-4-13-7-9-23-16(13)14/h3-5,10-11,15H,6-9H2,1-2H3,(H,21,22)/t15-/m0/s1. The van der Waals surface area contributed by atoms with Crippen LogP contribution in [-0.2, 0) is 24.7 Å². The zero-order valence-corrected chi connectivity index (χ0v) is 13.4. The molecular weight excluding hydrogens is 294 g/mol. The number of ether oxygens (including phenoxy) is 1. The molecule has 3 rings (SSSR count). The monoisotopic (exact) mass is 315 g/mol. The third kappa shape index (κ3) is 3.22. The molecule has 23 heavy (non-hydrogen) atoms. The molecule has 0 radical (unpaired) electrons. The number of rotatable bonds is 6. The van der Waals surface area contributed by atoms with Crippen molar-refractivity contribution in [2.45, 2.75) is 18.9 Å². The molecule has 1 aromatic carbocycles. The Morgan fingerprint density at radius 2 is 2.35 bits per heavy atom. The van der Waals surface area contributed by atoms with Crippen LogP contribution >= 0.6 is 0 Å². The Hall–Kier alpha value is -2.34. The van der Waals surface area contributed by atoms with E-state index >= 15 is 0 Å². The van der Waals surface area contributed by atoms with Crippen LogP contribution in [0.25, 0.3) is 0 Å². The van der Waals surface area contributed by atoms with Gasteiger partial charge < -0.3 is 9.84 Å². The van der Waals surface area contributed by atoms with E-state index in [-0.39, 0.29) is 0 Å². The Kier molecular flexibility index (Phi) is 4.34. The molecule has 1 aromatic heterocycles. The molecule has 1 aliphatic rings. The minimum Gasteiger partial charge on any atom is -0.493 e. The fourth-order valence-corrected chi connectivity index (χ4v) is 3.05. The van der Waals surface area contributed by atoms with Crippen molar-refractivity contribution < 1.29 is 14.6 Å². The van der Waals surface area contributed by atoms with Crippen molar-refractivity contribution >= 4 is 5.97 Å². The van der Waals surface area contributed by atoms with Crippen LogP contribution in [0.15, 0.2) is 30.6 Å². The van der Waals surface area contributed by atoms with Gasteiger partial charge in [-0.05, 0) is 24.6 Å². The van der Waals surface area contributed by atoms with E-state index in [1.54, 1.807) is 4.68 Å². The summed E-state index contributed by atoms with van der Waals surface area (Å²) in [4.78, 5) is 13.7. The van der Waals surface area contributed by atoms with Gasteiger partial charge in [0.25, 0.3) is 0 Å². The first-order valence-electron chi connectivity index (χ1n) is 7.71. The molecule has 0 amide bonds. The first-order valence-corrected chi connectivity index (χ1v) is 7.71. The zero-order valence-electron chi connectivity index (χ0n) is 13.4. The first kappa shape index (κ1) is 15.6. The summed E-state index contributed by atoms with van der Waals surface area (Å²) in [5.41, 5.74) is 2.92. The summed E-state index contributed by atoms with van der Waals surface area (Å²) in [5, 5.41) is 13.9. The number of carbonyl (C=O) groups is 1. The van der Waals surface area contributed by atoms with Gasteiger partial charge in [0.05, 0.1) is 12.8 Å². The Bertz CT molecular complexity index is 711. The first-order chi connectivity index (χ1) is 11.1. The quantitative estimate of drug-likeness (QED) is 0.878. The molecule has 0 saturated carbocycles. The predicted molar refractivity (Wildman–Crippen MR) is 85.6 cm³/mol. The largest absolute Gasteiger partial charge is 0.493 e. The lowest BCUT2D eigenvalue weighted by Gasteiger charge is -2.26. The molecule has 0 bridgehead atoms. The number of aliphatic carboxylic acids is 1. The molecule has 6 heteroatoms. The van der Waals surface area contributed by atoms with E-state index in [1.165, 1.54) is 0 Å². The number of hydrogen-bond acceptors (Lipinski definition) is 4. The fraction of sp³-hybridized carbons (Fsp3) is 0.412. The summed E-state index contributed by atoms with van der Waals surface area (Å²) >= 11 is 0. The molecule has 1 aliphatic heterocycles. The number of para-hydroxylation sites is 1. The normalized spacial score (nSPS) is 14.6. The average Bonchev–Trinajstić information content (AvgIpc) is 3.14. The van der Waals surface area contributed by atoms with Gasteiger partial charge in [0, 0.05) is 31.8 Å². The zero-order chi connectivity index (χ0) is 16.4. The number of hydrogen-bond donors (Lipinski definition) is 1. The molecule has 0 spiro atoms. The van der Waals surface area contributed by atoms with E-state index in [4.69, 9.17) is 4.74 Å². The molecule has 0 fully saturated rings. The van der Waals surface area contributed by atoms with E-state index < -0.39 is 12.0 Å². The van der Waals surface area contributed by atoms with E-state index in [9.17, 15) is 9.90 Å². The van der Waals surface area contributed by atoms with Gasteiger partial charge in [-0.1, -0.05) is 18.2 Å². The van der Waals surface area contributed by atoms with Gasteiger partial charge in [-0.25, -0.2) is 0 Å². The van der Waals surface area contributed by atoms with Crippen LogP contribution < -0.4 is 4.74 Å². The number of carboxylic acids is 1. The molecule has 2 aromatic rings. The molecule has 2 heterocycles. The SMILES string of the molecule is CN(CCc1cnn(C)c1)[C@H](C(=O)O)c1cccc2c1OCC2. The maximum Gasteiger partial charge on any atom is 0.325 e. The molecule has 1 N–H and O–H groups in total. The van der Waals surface area contributed by atoms with Crippen LogP contribution in [0, 0.1) is 0 Å². The highest BCUT2D eigenvalue weighted by atomic mass is 16.5. The number of likely N-dealkylation sites (N-methyl/N-ethyl adjacent to an activating group) is 1. The minimum atomic E-state index is -0.859. The number of aromatic nitrogens is 2. The van der Waals surface area contributed by atoms with Crippen LogP contribution in [0.3, 0.4) is 0 Å². The van der Waals surface area contributed by atoms with E-state index in [0.717, 1.165) is 35.3 Å². The summed E-state index contributed by atoms with van der Waals surface area (Å²) in [6, 6.07) is 5.05. The highest BCUT2D eigenvalue weighted by molar-refractivity contribution is 5.77. The highest BCUT2D eigenvalue weighted by Crippen LogP contribution is 2.35. The summed E-state index contributed by atoms with van der Waals surface area (Å²) in [5.74, 6) is -0.115. The fourth-order valence-electron chi connectivity index (χ4n) is 3.05.